The number of hydrogen-bond acceptors (Lipinski definition) is 3. The summed E-state index contributed by atoms with van der Waals surface area (Å²) in [6.07, 6.45) is -4.35. The SMILES string of the molecule is O=C(c1ccc(COCC(F)(F)F)cc1)N1CCn2c1nc1ccccc12. The Morgan fingerprint density at radius 1 is 1.07 bits per heavy atom. The molecule has 1 aromatic heterocycles. The van der Waals surface area contributed by atoms with E-state index in [9.17, 15) is 18.0 Å². The average molecular weight is 375 g/mol. The molecule has 0 spiro atoms. The smallest absolute Gasteiger partial charge is 0.367 e. The lowest BCUT2D eigenvalue weighted by atomic mass is 10.1. The molecule has 1 aliphatic heterocycles. The second kappa shape index (κ2) is 6.70. The van der Waals surface area contributed by atoms with Crippen LogP contribution in [0, 0.1) is 0 Å². The number of ether oxygens (including phenoxy) is 1. The van der Waals surface area contributed by atoms with Gasteiger partial charge in [0.1, 0.15) is 6.61 Å². The molecule has 0 radical (unpaired) electrons. The lowest BCUT2D eigenvalue weighted by Gasteiger charge is -2.14. The normalized spacial score (nSPS) is 14.0. The second-order valence-electron chi connectivity index (χ2n) is 6.31. The molecule has 0 atom stereocenters. The fourth-order valence-corrected chi connectivity index (χ4v) is 3.17. The van der Waals surface area contributed by atoms with Crippen LogP contribution in [0.1, 0.15) is 15.9 Å². The largest absolute Gasteiger partial charge is 0.411 e. The molecule has 8 heteroatoms. The molecule has 0 saturated carbocycles. The predicted molar refractivity (Wildman–Crippen MR) is 93.6 cm³/mol. The number of carbonyl (C=O) groups is 1. The number of carbonyl (C=O) groups excluding carboxylic acids is 1. The minimum absolute atomic E-state index is 0.159. The Kier molecular flexibility index (Phi) is 4.35. The Hall–Kier alpha value is -2.87. The molecule has 140 valence electrons. The van der Waals surface area contributed by atoms with Gasteiger partial charge in [-0.2, -0.15) is 13.2 Å². The van der Waals surface area contributed by atoms with Crippen LogP contribution in [-0.2, 0) is 17.9 Å². The second-order valence-corrected chi connectivity index (χ2v) is 6.31. The summed E-state index contributed by atoms with van der Waals surface area (Å²) in [6, 6.07) is 14.1. The Morgan fingerprint density at radius 3 is 2.56 bits per heavy atom. The fourth-order valence-electron chi connectivity index (χ4n) is 3.17. The molecular formula is C19H16F3N3O2. The zero-order valence-corrected chi connectivity index (χ0v) is 14.2. The van der Waals surface area contributed by atoms with Crippen LogP contribution < -0.4 is 4.90 Å². The van der Waals surface area contributed by atoms with Crippen LogP contribution in [0.5, 0.6) is 0 Å². The third kappa shape index (κ3) is 3.52. The molecule has 2 heterocycles. The van der Waals surface area contributed by atoms with Crippen molar-refractivity contribution in [2.75, 3.05) is 18.1 Å². The number of amides is 1. The number of halogens is 3. The zero-order chi connectivity index (χ0) is 19.0. The van der Waals surface area contributed by atoms with Crippen molar-refractivity contribution >= 4 is 22.9 Å². The van der Waals surface area contributed by atoms with Crippen molar-refractivity contribution in [1.29, 1.82) is 0 Å². The quantitative estimate of drug-likeness (QED) is 0.697. The first-order valence-corrected chi connectivity index (χ1v) is 8.43. The maximum Gasteiger partial charge on any atom is 0.411 e. The third-order valence-electron chi connectivity index (χ3n) is 4.40. The number of para-hydroxylation sites is 2. The van der Waals surface area contributed by atoms with E-state index in [2.05, 4.69) is 9.72 Å². The van der Waals surface area contributed by atoms with E-state index in [1.807, 2.05) is 28.8 Å². The summed E-state index contributed by atoms with van der Waals surface area (Å²) >= 11 is 0. The molecule has 0 aliphatic carbocycles. The molecule has 3 aromatic rings. The molecule has 5 nitrogen and oxygen atoms in total. The average Bonchev–Trinajstić information content (AvgIpc) is 3.20. The fraction of sp³-hybridized carbons (Fsp3) is 0.263. The molecule has 1 aliphatic rings. The van der Waals surface area contributed by atoms with E-state index < -0.39 is 12.8 Å². The van der Waals surface area contributed by atoms with Gasteiger partial charge in [0.05, 0.1) is 17.6 Å². The first-order valence-electron chi connectivity index (χ1n) is 8.43. The van der Waals surface area contributed by atoms with Gasteiger partial charge in [-0.1, -0.05) is 24.3 Å². The maximum absolute atomic E-state index is 12.8. The van der Waals surface area contributed by atoms with E-state index in [-0.39, 0.29) is 12.5 Å². The standard InChI is InChI=1S/C19H16F3N3O2/c20-19(21,22)12-27-11-13-5-7-14(8-6-13)17(26)25-10-9-24-16-4-2-1-3-15(16)23-18(24)25/h1-8H,9-12H2. The van der Waals surface area contributed by atoms with Crippen LogP contribution in [0.4, 0.5) is 19.1 Å². The number of rotatable bonds is 4. The summed E-state index contributed by atoms with van der Waals surface area (Å²) < 4.78 is 43.0. The Morgan fingerprint density at radius 2 is 1.81 bits per heavy atom. The van der Waals surface area contributed by atoms with Crippen LogP contribution in [0.25, 0.3) is 11.0 Å². The summed E-state index contributed by atoms with van der Waals surface area (Å²) in [5, 5.41) is 0. The van der Waals surface area contributed by atoms with E-state index >= 15 is 0 Å². The van der Waals surface area contributed by atoms with E-state index in [1.54, 1.807) is 29.2 Å². The number of imidazole rings is 1. The highest BCUT2D eigenvalue weighted by Crippen LogP contribution is 2.28. The van der Waals surface area contributed by atoms with Gasteiger partial charge in [0.15, 0.2) is 0 Å². The van der Waals surface area contributed by atoms with Crippen molar-refractivity contribution < 1.29 is 22.7 Å². The van der Waals surface area contributed by atoms with Gasteiger partial charge in [0.2, 0.25) is 5.95 Å². The number of hydrogen-bond donors (Lipinski definition) is 0. The van der Waals surface area contributed by atoms with Gasteiger partial charge in [-0.25, -0.2) is 4.98 Å². The van der Waals surface area contributed by atoms with Crippen molar-refractivity contribution in [3.05, 3.63) is 59.7 Å². The number of anilines is 1. The molecule has 4 rings (SSSR count). The highest BCUT2D eigenvalue weighted by molar-refractivity contribution is 6.06. The molecule has 1 amide bonds. The topological polar surface area (TPSA) is 47.4 Å². The Labute approximate surface area is 153 Å². The summed E-state index contributed by atoms with van der Waals surface area (Å²) in [7, 11) is 0. The third-order valence-corrected chi connectivity index (χ3v) is 4.40. The molecular weight excluding hydrogens is 359 g/mol. The predicted octanol–water partition coefficient (Wildman–Crippen LogP) is 3.78. The summed E-state index contributed by atoms with van der Waals surface area (Å²) in [5.74, 6) is 0.422. The van der Waals surface area contributed by atoms with Crippen LogP contribution in [0.15, 0.2) is 48.5 Å². The first kappa shape index (κ1) is 17.5. The van der Waals surface area contributed by atoms with Crippen LogP contribution in [-0.4, -0.2) is 34.8 Å². The molecule has 0 saturated heterocycles. The zero-order valence-electron chi connectivity index (χ0n) is 14.2. The van der Waals surface area contributed by atoms with Crippen molar-refractivity contribution in [3.8, 4) is 0 Å². The maximum atomic E-state index is 12.8. The van der Waals surface area contributed by atoms with E-state index in [0.717, 1.165) is 11.0 Å². The first-order chi connectivity index (χ1) is 12.9. The van der Waals surface area contributed by atoms with Crippen LogP contribution >= 0.6 is 0 Å². The van der Waals surface area contributed by atoms with Gasteiger partial charge >= 0.3 is 6.18 Å². The van der Waals surface area contributed by atoms with E-state index in [1.165, 1.54) is 0 Å². The minimum Gasteiger partial charge on any atom is -0.367 e. The Bertz CT molecular complexity index is 980. The number of fused-ring (bicyclic) bond motifs is 3. The highest BCUT2D eigenvalue weighted by Gasteiger charge is 2.29. The Balaban J connectivity index is 1.48. The van der Waals surface area contributed by atoms with Crippen LogP contribution in [0.3, 0.4) is 0 Å². The molecule has 0 bridgehead atoms. The van der Waals surface area contributed by atoms with Gasteiger partial charge in [0, 0.05) is 18.7 Å². The lowest BCUT2D eigenvalue weighted by molar-refractivity contribution is -0.176. The lowest BCUT2D eigenvalue weighted by Crippen LogP contribution is -2.29. The summed E-state index contributed by atoms with van der Waals surface area (Å²) in [4.78, 5) is 19.0. The number of benzene rings is 2. The molecule has 27 heavy (non-hydrogen) atoms. The van der Waals surface area contributed by atoms with E-state index in [0.29, 0.717) is 30.2 Å². The van der Waals surface area contributed by atoms with Gasteiger partial charge in [-0.3, -0.25) is 9.69 Å². The van der Waals surface area contributed by atoms with E-state index in [4.69, 9.17) is 0 Å². The molecule has 0 N–H and O–H groups in total. The number of aromatic nitrogens is 2. The monoisotopic (exact) mass is 375 g/mol. The van der Waals surface area contributed by atoms with Gasteiger partial charge in [0.25, 0.3) is 5.91 Å². The minimum atomic E-state index is -4.35. The molecule has 2 aromatic carbocycles. The van der Waals surface area contributed by atoms with Crippen molar-refractivity contribution in [3.63, 3.8) is 0 Å². The van der Waals surface area contributed by atoms with Gasteiger partial charge in [-0.15, -0.1) is 0 Å². The molecule has 0 unspecified atom stereocenters. The van der Waals surface area contributed by atoms with Gasteiger partial charge < -0.3 is 9.30 Å². The van der Waals surface area contributed by atoms with Crippen molar-refractivity contribution in [2.45, 2.75) is 19.3 Å². The van der Waals surface area contributed by atoms with Crippen LogP contribution in [0.2, 0.25) is 0 Å². The number of alkyl halides is 3. The van der Waals surface area contributed by atoms with Crippen molar-refractivity contribution in [2.24, 2.45) is 0 Å². The number of nitrogens with zero attached hydrogens (tertiary/aromatic N) is 3. The summed E-state index contributed by atoms with van der Waals surface area (Å²) in [5.41, 5.74) is 2.85. The summed E-state index contributed by atoms with van der Waals surface area (Å²) in [6.45, 7) is -0.251. The van der Waals surface area contributed by atoms with Gasteiger partial charge in [-0.05, 0) is 29.8 Å². The highest BCUT2D eigenvalue weighted by atomic mass is 19.4. The molecule has 0 fully saturated rings. The van der Waals surface area contributed by atoms with Crippen molar-refractivity contribution in [1.82, 2.24) is 9.55 Å².